The lowest BCUT2D eigenvalue weighted by Gasteiger charge is -2.36. The molecule has 6 heteroatoms. The standard InChI is InChI=1S/C25H24Cl2N2OS/c1-2-29-23(30)21-22(28-24(29)31-15-17-9-10-18(26)13-20(17)27)19-8-4-3-7-16(19)14-25(21)11-5-6-12-25/h3-4,7-10,13H,2,5-6,11-12,14-15H2,1H3. The molecule has 2 aliphatic rings. The van der Waals surface area contributed by atoms with Gasteiger partial charge in [0.05, 0.1) is 11.3 Å². The van der Waals surface area contributed by atoms with Crippen LogP contribution in [0.2, 0.25) is 10.0 Å². The minimum absolute atomic E-state index is 0.0621. The molecule has 0 atom stereocenters. The van der Waals surface area contributed by atoms with Crippen molar-refractivity contribution >= 4 is 35.0 Å². The highest BCUT2D eigenvalue weighted by atomic mass is 35.5. The summed E-state index contributed by atoms with van der Waals surface area (Å²) in [6.07, 6.45) is 5.45. The Morgan fingerprint density at radius 2 is 1.90 bits per heavy atom. The lowest BCUT2D eigenvalue weighted by molar-refractivity contribution is 0.416. The topological polar surface area (TPSA) is 34.9 Å². The lowest BCUT2D eigenvalue weighted by atomic mass is 9.68. The van der Waals surface area contributed by atoms with Crippen molar-refractivity contribution in [1.29, 1.82) is 0 Å². The van der Waals surface area contributed by atoms with Gasteiger partial charge >= 0.3 is 0 Å². The molecule has 31 heavy (non-hydrogen) atoms. The summed E-state index contributed by atoms with van der Waals surface area (Å²) in [4.78, 5) is 18.9. The average Bonchev–Trinajstić information content (AvgIpc) is 3.21. The van der Waals surface area contributed by atoms with Gasteiger partial charge in [-0.2, -0.15) is 0 Å². The number of nitrogens with zero attached hydrogens (tertiary/aromatic N) is 2. The summed E-state index contributed by atoms with van der Waals surface area (Å²) in [6.45, 7) is 2.63. The van der Waals surface area contributed by atoms with Crippen LogP contribution in [0.1, 0.15) is 49.3 Å². The number of halogens is 2. The van der Waals surface area contributed by atoms with Gasteiger partial charge in [-0.15, -0.1) is 0 Å². The number of hydrogen-bond acceptors (Lipinski definition) is 3. The maximum absolute atomic E-state index is 13.8. The van der Waals surface area contributed by atoms with Crippen LogP contribution in [0.5, 0.6) is 0 Å². The third kappa shape index (κ3) is 3.63. The summed E-state index contributed by atoms with van der Waals surface area (Å²) >= 11 is 14.0. The van der Waals surface area contributed by atoms with Gasteiger partial charge in [-0.1, -0.05) is 78.1 Å². The predicted molar refractivity (Wildman–Crippen MR) is 129 cm³/mol. The fourth-order valence-electron chi connectivity index (χ4n) is 5.21. The monoisotopic (exact) mass is 470 g/mol. The van der Waals surface area contributed by atoms with Crippen LogP contribution in [0.3, 0.4) is 0 Å². The molecule has 0 saturated heterocycles. The van der Waals surface area contributed by atoms with Crippen molar-refractivity contribution in [2.45, 2.75) is 61.9 Å². The van der Waals surface area contributed by atoms with Gasteiger partial charge in [0.15, 0.2) is 5.16 Å². The molecular weight excluding hydrogens is 447 g/mol. The molecule has 0 radical (unpaired) electrons. The maximum atomic E-state index is 13.8. The molecule has 0 aliphatic heterocycles. The number of thioether (sulfide) groups is 1. The molecule has 3 nitrogen and oxygen atoms in total. The second-order valence-corrected chi connectivity index (χ2v) is 10.3. The van der Waals surface area contributed by atoms with Gasteiger partial charge in [0.2, 0.25) is 0 Å². The molecular formula is C25H24Cl2N2OS. The van der Waals surface area contributed by atoms with E-state index in [-0.39, 0.29) is 11.0 Å². The first kappa shape index (κ1) is 21.1. The molecule has 1 heterocycles. The number of aromatic nitrogens is 2. The van der Waals surface area contributed by atoms with Crippen molar-refractivity contribution in [2.24, 2.45) is 0 Å². The Balaban J connectivity index is 1.63. The summed E-state index contributed by atoms with van der Waals surface area (Å²) in [5.74, 6) is 0.633. The molecule has 1 aromatic heterocycles. The van der Waals surface area contributed by atoms with Gasteiger partial charge in [0.1, 0.15) is 0 Å². The van der Waals surface area contributed by atoms with Crippen LogP contribution in [0.25, 0.3) is 11.3 Å². The van der Waals surface area contributed by atoms with Gasteiger partial charge in [0, 0.05) is 33.3 Å². The van der Waals surface area contributed by atoms with Gasteiger partial charge in [0.25, 0.3) is 5.56 Å². The molecule has 2 aliphatic carbocycles. The van der Waals surface area contributed by atoms with Crippen LogP contribution in [0, 0.1) is 0 Å². The first-order valence-corrected chi connectivity index (χ1v) is 12.6. The van der Waals surface area contributed by atoms with Crippen molar-refractivity contribution in [3.8, 4) is 11.3 Å². The van der Waals surface area contributed by atoms with Crippen LogP contribution in [-0.4, -0.2) is 9.55 Å². The average molecular weight is 471 g/mol. The van der Waals surface area contributed by atoms with E-state index in [2.05, 4.69) is 18.2 Å². The minimum atomic E-state index is -0.0621. The molecule has 160 valence electrons. The SMILES string of the molecule is CCn1c(SCc2ccc(Cl)cc2Cl)nc2c(c1=O)C1(CCCC1)Cc1ccccc1-2. The van der Waals surface area contributed by atoms with Crippen molar-refractivity contribution in [2.75, 3.05) is 0 Å². The van der Waals surface area contributed by atoms with E-state index >= 15 is 0 Å². The third-order valence-corrected chi connectivity index (χ3v) is 8.33. The van der Waals surface area contributed by atoms with Crippen LogP contribution >= 0.6 is 35.0 Å². The number of fused-ring (bicyclic) bond motifs is 4. The first-order valence-electron chi connectivity index (χ1n) is 10.8. The molecule has 0 unspecified atom stereocenters. The van der Waals surface area contributed by atoms with Crippen LogP contribution in [0.15, 0.2) is 52.4 Å². The van der Waals surface area contributed by atoms with Crippen molar-refractivity contribution in [3.63, 3.8) is 0 Å². The maximum Gasteiger partial charge on any atom is 0.258 e. The Morgan fingerprint density at radius 3 is 2.65 bits per heavy atom. The van der Waals surface area contributed by atoms with Crippen molar-refractivity contribution in [1.82, 2.24) is 9.55 Å². The smallest absolute Gasteiger partial charge is 0.258 e. The van der Waals surface area contributed by atoms with E-state index in [1.807, 2.05) is 29.7 Å². The van der Waals surface area contributed by atoms with Crippen LogP contribution < -0.4 is 5.56 Å². The molecule has 5 rings (SSSR count). The molecule has 2 aromatic carbocycles. The summed E-state index contributed by atoms with van der Waals surface area (Å²) < 4.78 is 1.85. The molecule has 1 saturated carbocycles. The third-order valence-electron chi connectivity index (χ3n) is 6.71. The predicted octanol–water partition coefficient (Wildman–Crippen LogP) is 6.90. The highest BCUT2D eigenvalue weighted by Crippen LogP contribution is 2.50. The van der Waals surface area contributed by atoms with E-state index in [0.29, 0.717) is 22.3 Å². The van der Waals surface area contributed by atoms with Crippen molar-refractivity contribution in [3.05, 3.63) is 79.6 Å². The van der Waals surface area contributed by atoms with E-state index in [4.69, 9.17) is 28.2 Å². The summed E-state index contributed by atoms with van der Waals surface area (Å²) in [6, 6.07) is 14.0. The van der Waals surface area contributed by atoms with Crippen molar-refractivity contribution < 1.29 is 0 Å². The van der Waals surface area contributed by atoms with E-state index in [1.54, 1.807) is 17.8 Å². The van der Waals surface area contributed by atoms with Crippen LogP contribution in [0.4, 0.5) is 0 Å². The Bertz CT molecular complexity index is 1210. The van der Waals surface area contributed by atoms with Gasteiger partial charge in [-0.05, 0) is 49.4 Å². The fourth-order valence-corrected chi connectivity index (χ4v) is 6.83. The van der Waals surface area contributed by atoms with Gasteiger partial charge < -0.3 is 0 Å². The Morgan fingerprint density at radius 1 is 1.13 bits per heavy atom. The van der Waals surface area contributed by atoms with E-state index in [0.717, 1.165) is 46.8 Å². The zero-order valence-electron chi connectivity index (χ0n) is 17.5. The zero-order chi connectivity index (χ0) is 21.6. The molecule has 1 fully saturated rings. The highest BCUT2D eigenvalue weighted by molar-refractivity contribution is 7.98. The quantitative estimate of drug-likeness (QED) is 0.307. The fraction of sp³-hybridized carbons (Fsp3) is 0.360. The molecule has 0 bridgehead atoms. The summed E-state index contributed by atoms with van der Waals surface area (Å²) in [5, 5.41) is 2.01. The second kappa shape index (κ2) is 8.31. The Hall–Kier alpha value is -1.75. The zero-order valence-corrected chi connectivity index (χ0v) is 19.8. The molecule has 3 aromatic rings. The Labute approximate surface area is 196 Å². The number of benzene rings is 2. The summed E-state index contributed by atoms with van der Waals surface area (Å²) in [5.41, 5.74) is 5.32. The van der Waals surface area contributed by atoms with E-state index in [1.165, 1.54) is 18.4 Å². The highest BCUT2D eigenvalue weighted by Gasteiger charge is 2.44. The largest absolute Gasteiger partial charge is 0.288 e. The van der Waals surface area contributed by atoms with Crippen LogP contribution in [-0.2, 0) is 24.1 Å². The lowest BCUT2D eigenvalue weighted by Crippen LogP contribution is -2.40. The minimum Gasteiger partial charge on any atom is -0.288 e. The van der Waals surface area contributed by atoms with E-state index in [9.17, 15) is 4.79 Å². The second-order valence-electron chi connectivity index (χ2n) is 8.51. The normalized spacial score (nSPS) is 16.4. The Kier molecular flexibility index (Phi) is 5.66. The first-order chi connectivity index (χ1) is 15.0. The molecule has 0 amide bonds. The number of rotatable bonds is 4. The molecule has 0 N–H and O–H groups in total. The summed E-state index contributed by atoms with van der Waals surface area (Å²) in [7, 11) is 0. The van der Waals surface area contributed by atoms with E-state index < -0.39 is 0 Å². The number of hydrogen-bond donors (Lipinski definition) is 0. The van der Waals surface area contributed by atoms with Gasteiger partial charge in [-0.25, -0.2) is 4.98 Å². The van der Waals surface area contributed by atoms with Gasteiger partial charge in [-0.3, -0.25) is 9.36 Å². The molecule has 1 spiro atoms.